The van der Waals surface area contributed by atoms with Crippen LogP contribution in [0.3, 0.4) is 0 Å². The molecule has 33 heavy (non-hydrogen) atoms. The van der Waals surface area contributed by atoms with Crippen molar-refractivity contribution in [2.45, 2.75) is 38.1 Å². The topological polar surface area (TPSA) is 66.5 Å². The number of rotatable bonds is 9. The van der Waals surface area contributed by atoms with E-state index in [4.69, 9.17) is 0 Å². The molecule has 5 nitrogen and oxygen atoms in total. The van der Waals surface area contributed by atoms with E-state index in [0.29, 0.717) is 18.0 Å². The molecule has 3 aromatic rings. The highest BCUT2D eigenvalue weighted by Gasteiger charge is 2.28. The Morgan fingerprint density at radius 1 is 0.939 bits per heavy atom. The molecule has 1 amide bonds. The van der Waals surface area contributed by atoms with Gasteiger partial charge in [-0.05, 0) is 61.2 Å². The molecular formula is C26H29FN2O3S. The average molecular weight is 469 g/mol. The van der Waals surface area contributed by atoms with Gasteiger partial charge in [-0.1, -0.05) is 61.9 Å². The maximum absolute atomic E-state index is 13.4. The minimum absolute atomic E-state index is 0.0842. The van der Waals surface area contributed by atoms with E-state index >= 15 is 0 Å². The van der Waals surface area contributed by atoms with Crippen LogP contribution in [0.15, 0.2) is 83.8 Å². The summed E-state index contributed by atoms with van der Waals surface area (Å²) in [5, 5.41) is 3.00. The van der Waals surface area contributed by atoms with Crippen molar-refractivity contribution < 1.29 is 17.6 Å². The second-order valence-corrected chi connectivity index (χ2v) is 10.3. The number of sulfonamides is 1. The molecule has 0 aromatic heterocycles. The molecule has 0 aliphatic rings. The van der Waals surface area contributed by atoms with Gasteiger partial charge < -0.3 is 5.32 Å². The van der Waals surface area contributed by atoms with E-state index in [0.717, 1.165) is 27.6 Å². The predicted molar refractivity (Wildman–Crippen MR) is 129 cm³/mol. The molecular weight excluding hydrogens is 439 g/mol. The highest BCUT2D eigenvalue weighted by atomic mass is 32.2. The highest BCUT2D eigenvalue weighted by Crippen LogP contribution is 2.25. The van der Waals surface area contributed by atoms with Crippen molar-refractivity contribution in [3.05, 3.63) is 95.8 Å². The summed E-state index contributed by atoms with van der Waals surface area (Å²) in [5.74, 6) is -0.629. The third-order valence-electron chi connectivity index (χ3n) is 5.26. The second-order valence-electron chi connectivity index (χ2n) is 8.46. The summed E-state index contributed by atoms with van der Waals surface area (Å²) in [5.41, 5.74) is 2.28. The molecule has 0 aliphatic carbocycles. The maximum Gasteiger partial charge on any atom is 0.264 e. The number of nitrogens with one attached hydrogen (secondary N) is 1. The average Bonchev–Trinajstić information content (AvgIpc) is 2.78. The first-order valence-electron chi connectivity index (χ1n) is 10.9. The van der Waals surface area contributed by atoms with Crippen molar-refractivity contribution in [2.24, 2.45) is 5.92 Å². The van der Waals surface area contributed by atoms with Gasteiger partial charge in [0.05, 0.1) is 16.6 Å². The van der Waals surface area contributed by atoms with Gasteiger partial charge in [0, 0.05) is 0 Å². The molecule has 1 atom stereocenters. The Bertz CT molecular complexity index is 1160. The summed E-state index contributed by atoms with van der Waals surface area (Å²) >= 11 is 0. The molecule has 0 fully saturated rings. The Labute approximate surface area is 195 Å². The zero-order valence-corrected chi connectivity index (χ0v) is 19.8. The van der Waals surface area contributed by atoms with Crippen LogP contribution in [0.4, 0.5) is 10.1 Å². The van der Waals surface area contributed by atoms with Crippen LogP contribution in [0.1, 0.15) is 37.4 Å². The molecule has 3 aromatic carbocycles. The lowest BCUT2D eigenvalue weighted by Gasteiger charge is -2.26. The summed E-state index contributed by atoms with van der Waals surface area (Å²) in [6, 6.07) is 20.8. The quantitative estimate of drug-likeness (QED) is 0.467. The Morgan fingerprint density at radius 2 is 1.55 bits per heavy atom. The van der Waals surface area contributed by atoms with Crippen LogP contribution in [0.25, 0.3) is 0 Å². The van der Waals surface area contributed by atoms with Gasteiger partial charge in [-0.25, -0.2) is 12.8 Å². The Hall–Kier alpha value is -3.19. The third kappa shape index (κ3) is 6.42. The standard InChI is InChI=1S/C26H29FN2O3S/c1-19(2)17-25(21-7-5-4-6-8-21)28-26(30)18-29(23-13-9-20(3)10-14-23)33(31,32)24-15-11-22(27)12-16-24/h4-16,19,25H,17-18H2,1-3H3,(H,28,30)/t25-/m1/s1. The van der Waals surface area contributed by atoms with Crippen LogP contribution in [0, 0.1) is 18.7 Å². The van der Waals surface area contributed by atoms with Crippen LogP contribution in [-0.4, -0.2) is 20.9 Å². The molecule has 0 unspecified atom stereocenters. The molecule has 0 spiro atoms. The summed E-state index contributed by atoms with van der Waals surface area (Å²) < 4.78 is 41.3. The van der Waals surface area contributed by atoms with Gasteiger partial charge in [-0.2, -0.15) is 0 Å². The van der Waals surface area contributed by atoms with Crippen LogP contribution >= 0.6 is 0 Å². The van der Waals surface area contributed by atoms with E-state index in [1.165, 1.54) is 12.1 Å². The fraction of sp³-hybridized carbons (Fsp3) is 0.269. The van der Waals surface area contributed by atoms with E-state index in [-0.39, 0.29) is 10.9 Å². The molecule has 0 saturated heterocycles. The van der Waals surface area contributed by atoms with Gasteiger partial charge >= 0.3 is 0 Å². The number of anilines is 1. The molecule has 3 rings (SSSR count). The van der Waals surface area contributed by atoms with Crippen molar-refractivity contribution >= 4 is 21.6 Å². The molecule has 0 saturated carbocycles. The van der Waals surface area contributed by atoms with Crippen molar-refractivity contribution in [1.29, 1.82) is 0 Å². The van der Waals surface area contributed by atoms with Gasteiger partial charge in [0.2, 0.25) is 5.91 Å². The minimum atomic E-state index is -4.10. The van der Waals surface area contributed by atoms with Crippen molar-refractivity contribution in [2.75, 3.05) is 10.8 Å². The van der Waals surface area contributed by atoms with Crippen LogP contribution < -0.4 is 9.62 Å². The molecule has 0 aliphatic heterocycles. The number of nitrogens with zero attached hydrogens (tertiary/aromatic N) is 1. The lowest BCUT2D eigenvalue weighted by Crippen LogP contribution is -2.42. The first-order chi connectivity index (χ1) is 15.7. The fourth-order valence-corrected chi connectivity index (χ4v) is 4.99. The van der Waals surface area contributed by atoms with E-state index in [9.17, 15) is 17.6 Å². The van der Waals surface area contributed by atoms with Gasteiger partial charge in [0.1, 0.15) is 12.4 Å². The number of carbonyl (C=O) groups excluding carboxylic acids is 1. The summed E-state index contributed by atoms with van der Waals surface area (Å²) in [7, 11) is -4.10. The van der Waals surface area contributed by atoms with E-state index in [2.05, 4.69) is 19.2 Å². The monoisotopic (exact) mass is 468 g/mol. The molecule has 174 valence electrons. The maximum atomic E-state index is 13.4. The second kappa shape index (κ2) is 10.6. The normalized spacial score (nSPS) is 12.4. The molecule has 0 bridgehead atoms. The van der Waals surface area contributed by atoms with Crippen LogP contribution in [0.5, 0.6) is 0 Å². The Morgan fingerprint density at radius 3 is 2.12 bits per heavy atom. The predicted octanol–water partition coefficient (Wildman–Crippen LogP) is 5.23. The largest absolute Gasteiger partial charge is 0.348 e. The number of benzene rings is 3. The SMILES string of the molecule is Cc1ccc(N(CC(=O)N[C@H](CC(C)C)c2ccccc2)S(=O)(=O)c2ccc(F)cc2)cc1. The lowest BCUT2D eigenvalue weighted by atomic mass is 9.97. The molecule has 0 radical (unpaired) electrons. The number of aryl methyl sites for hydroxylation is 1. The van der Waals surface area contributed by atoms with E-state index in [1.807, 2.05) is 37.3 Å². The Balaban J connectivity index is 1.91. The lowest BCUT2D eigenvalue weighted by molar-refractivity contribution is -0.120. The molecule has 7 heteroatoms. The zero-order valence-electron chi connectivity index (χ0n) is 19.0. The smallest absolute Gasteiger partial charge is 0.264 e. The summed E-state index contributed by atoms with van der Waals surface area (Å²) in [4.78, 5) is 13.0. The minimum Gasteiger partial charge on any atom is -0.348 e. The first-order valence-corrected chi connectivity index (χ1v) is 12.3. The van der Waals surface area contributed by atoms with E-state index < -0.39 is 28.3 Å². The van der Waals surface area contributed by atoms with Crippen LogP contribution in [-0.2, 0) is 14.8 Å². The van der Waals surface area contributed by atoms with Gasteiger partial charge in [0.15, 0.2) is 0 Å². The fourth-order valence-electron chi connectivity index (χ4n) is 3.57. The van der Waals surface area contributed by atoms with Crippen LogP contribution in [0.2, 0.25) is 0 Å². The zero-order chi connectivity index (χ0) is 24.0. The number of hydrogen-bond acceptors (Lipinski definition) is 3. The van der Waals surface area contributed by atoms with Crippen molar-refractivity contribution in [1.82, 2.24) is 5.32 Å². The van der Waals surface area contributed by atoms with Gasteiger partial charge in [0.25, 0.3) is 10.0 Å². The summed E-state index contributed by atoms with van der Waals surface area (Å²) in [6.07, 6.45) is 0.713. The van der Waals surface area contributed by atoms with Crippen molar-refractivity contribution in [3.8, 4) is 0 Å². The highest BCUT2D eigenvalue weighted by molar-refractivity contribution is 7.92. The molecule has 1 N–H and O–H groups in total. The van der Waals surface area contributed by atoms with E-state index in [1.54, 1.807) is 24.3 Å². The number of hydrogen-bond donors (Lipinski definition) is 1. The number of carbonyl (C=O) groups is 1. The number of amides is 1. The summed E-state index contributed by atoms with van der Waals surface area (Å²) in [6.45, 7) is 5.63. The van der Waals surface area contributed by atoms with Gasteiger partial charge in [-0.3, -0.25) is 9.10 Å². The first kappa shape index (κ1) is 24.5. The third-order valence-corrected chi connectivity index (χ3v) is 7.04. The molecule has 0 heterocycles. The van der Waals surface area contributed by atoms with Gasteiger partial charge in [-0.15, -0.1) is 0 Å². The number of halogens is 1. The van der Waals surface area contributed by atoms with Crippen molar-refractivity contribution in [3.63, 3.8) is 0 Å². The Kier molecular flexibility index (Phi) is 7.87.